The molecule has 1 saturated heterocycles. The first-order valence-electron chi connectivity index (χ1n) is 20.3. The molecule has 0 aromatic carbocycles. The van der Waals surface area contributed by atoms with Gasteiger partial charge < -0.3 is 35.2 Å². The van der Waals surface area contributed by atoms with E-state index in [9.17, 15) is 25.2 Å². The van der Waals surface area contributed by atoms with Gasteiger partial charge in [0.05, 0.1) is 25.4 Å². The molecule has 1 fully saturated rings. The van der Waals surface area contributed by atoms with Crippen LogP contribution in [0.25, 0.3) is 0 Å². The Balaban J connectivity index is 2.78. The maximum atomic E-state index is 12.8. The molecule has 6 N–H and O–H groups in total. The van der Waals surface area contributed by atoms with E-state index in [0.717, 1.165) is 19.3 Å². The van der Waals surface area contributed by atoms with Crippen molar-refractivity contribution < 1.29 is 53.5 Å². The highest BCUT2D eigenvalue weighted by Crippen LogP contribution is 2.28. The molecule has 1 aliphatic rings. The van der Waals surface area contributed by atoms with E-state index in [4.69, 9.17) is 18.9 Å². The van der Waals surface area contributed by atoms with Gasteiger partial charge in [-0.05, 0) is 108 Å². The van der Waals surface area contributed by atoms with E-state index in [1.165, 1.54) is 57.8 Å². The standard InChI is InChI=1S/C50H51NO11S/c1-3-5-7-9-11-13-15-17-18-19-20-21-22-23-24-25-26-28-30-32-34-36-38-40-46(54)51-43(44(53)39-37-35-33-31-29-27-16-14-12-10-8-6-4-2)42-58-50-48(56)49(60-63-62-61-57)47(55)45(41-52)59-50/h43-45,47-50,52-53,55-57H,4,6,8,10,12,14,16,27,29,31,33,35,37,39,41-42H2,1-2H3,(H,51,54)/t43-,44+,45?,47?,48?,49?,50?/m0/s1. The smallest absolute Gasteiger partial charge is 0.297 e. The molecule has 0 spiro atoms. The molecule has 0 saturated carbocycles. The van der Waals surface area contributed by atoms with Gasteiger partial charge in [0.15, 0.2) is 18.6 Å². The predicted octanol–water partition coefficient (Wildman–Crippen LogP) is 3.20. The van der Waals surface area contributed by atoms with Crippen LogP contribution in [0.3, 0.4) is 0 Å². The fourth-order valence-electron chi connectivity index (χ4n) is 5.38. The average molecular weight is 874 g/mol. The van der Waals surface area contributed by atoms with Gasteiger partial charge in [-0.1, -0.05) is 101 Å². The fourth-order valence-corrected chi connectivity index (χ4v) is 5.75. The lowest BCUT2D eigenvalue weighted by atomic mass is 9.99. The molecule has 1 heterocycles. The average Bonchev–Trinajstić information content (AvgIpc) is 3.28. The summed E-state index contributed by atoms with van der Waals surface area (Å²) in [6.07, 6.45) is 7.13. The molecule has 7 atom stereocenters. The zero-order chi connectivity index (χ0) is 45.9. The number of hydrogen-bond acceptors (Lipinski definition) is 12. The number of rotatable bonds is 24. The van der Waals surface area contributed by atoms with Gasteiger partial charge in [0.25, 0.3) is 5.91 Å². The van der Waals surface area contributed by atoms with E-state index in [1.54, 1.807) is 6.92 Å². The zero-order valence-electron chi connectivity index (χ0n) is 35.4. The maximum absolute atomic E-state index is 12.8. The van der Waals surface area contributed by atoms with Gasteiger partial charge >= 0.3 is 0 Å². The van der Waals surface area contributed by atoms with Crippen molar-refractivity contribution >= 4 is 18.2 Å². The highest BCUT2D eigenvalue weighted by atomic mass is 32.2. The van der Waals surface area contributed by atoms with Crippen LogP contribution in [-0.4, -0.2) is 87.7 Å². The quantitative estimate of drug-likeness (QED) is 0.0275. The number of aliphatic hydroxyl groups excluding tert-OH is 4. The van der Waals surface area contributed by atoms with Crippen LogP contribution in [0.5, 0.6) is 0 Å². The van der Waals surface area contributed by atoms with Crippen molar-refractivity contribution in [1.29, 1.82) is 0 Å². The van der Waals surface area contributed by atoms with Gasteiger partial charge in [-0.2, -0.15) is 0 Å². The summed E-state index contributed by atoms with van der Waals surface area (Å²) in [7, 11) is 0. The van der Waals surface area contributed by atoms with Crippen LogP contribution in [0, 0.1) is 142 Å². The van der Waals surface area contributed by atoms with Crippen molar-refractivity contribution in [3.8, 4) is 142 Å². The zero-order valence-corrected chi connectivity index (χ0v) is 36.3. The number of carbonyl (C=O) groups is 1. The van der Waals surface area contributed by atoms with E-state index >= 15 is 0 Å². The fraction of sp³-hybridized carbons (Fsp3) is 0.500. The number of carbonyl (C=O) groups excluding carboxylic acids is 1. The van der Waals surface area contributed by atoms with E-state index < -0.39 is 55.4 Å². The summed E-state index contributed by atoms with van der Waals surface area (Å²) in [4.78, 5) is 12.8. The second-order valence-corrected chi connectivity index (χ2v) is 13.6. The topological polar surface area (TPSA) is 176 Å². The molecule has 0 aromatic heterocycles. The molecule has 13 heteroatoms. The maximum Gasteiger partial charge on any atom is 0.297 e. The first-order chi connectivity index (χ1) is 30.9. The minimum atomic E-state index is -1.63. The number of aliphatic hydroxyl groups is 4. The lowest BCUT2D eigenvalue weighted by Gasteiger charge is -2.41. The molecule has 1 aliphatic heterocycles. The number of nitrogens with one attached hydrogen (secondary N) is 1. The molecule has 0 aliphatic carbocycles. The third kappa shape index (κ3) is 29.9. The second-order valence-electron chi connectivity index (χ2n) is 13.1. The van der Waals surface area contributed by atoms with E-state index in [-0.39, 0.29) is 18.9 Å². The molecular formula is C50H51NO11S. The van der Waals surface area contributed by atoms with Gasteiger partial charge in [0, 0.05) is 41.4 Å². The van der Waals surface area contributed by atoms with Crippen molar-refractivity contribution in [3.05, 3.63) is 0 Å². The van der Waals surface area contributed by atoms with Crippen LogP contribution in [0.15, 0.2) is 0 Å². The summed E-state index contributed by atoms with van der Waals surface area (Å²) in [5, 5.41) is 56.5. The Labute approximate surface area is 377 Å². The van der Waals surface area contributed by atoms with Crippen molar-refractivity contribution in [1.82, 2.24) is 5.32 Å². The SMILES string of the molecule is CC#CC#CC#CC#CC#CC#CC#CC#CC#CC#CC#CC#CC(=O)N[C@@H](COC1OC(CO)C(O)C(OSOOO)C1O)[C@H](O)CCCCCCCCCCCCCCC. The van der Waals surface area contributed by atoms with Gasteiger partial charge in [-0.3, -0.25) is 8.98 Å². The molecule has 5 unspecified atom stereocenters. The Morgan fingerprint density at radius 1 is 0.651 bits per heavy atom. The van der Waals surface area contributed by atoms with Gasteiger partial charge in [-0.25, -0.2) is 5.26 Å². The number of hydrogen-bond donors (Lipinski definition) is 6. The summed E-state index contributed by atoms with van der Waals surface area (Å²) < 4.78 is 20.6. The first kappa shape index (κ1) is 55.2. The van der Waals surface area contributed by atoms with Crippen LogP contribution in [-0.2, 0) is 27.8 Å². The molecule has 12 nitrogen and oxygen atoms in total. The minimum Gasteiger partial charge on any atom is -0.394 e. The van der Waals surface area contributed by atoms with Crippen molar-refractivity contribution in [2.75, 3.05) is 13.2 Å². The van der Waals surface area contributed by atoms with Crippen LogP contribution >= 0.6 is 12.3 Å². The van der Waals surface area contributed by atoms with Gasteiger partial charge in [-0.15, -0.1) is 4.33 Å². The molecular weight excluding hydrogens is 823 g/mol. The van der Waals surface area contributed by atoms with Crippen molar-refractivity contribution in [3.63, 3.8) is 0 Å². The normalized spacial score (nSPS) is 17.0. The Bertz CT molecular complexity index is 2190. The van der Waals surface area contributed by atoms with E-state index in [2.05, 4.69) is 164 Å². The van der Waals surface area contributed by atoms with Crippen LogP contribution < -0.4 is 5.32 Å². The number of unbranched alkanes of at least 4 members (excludes halogenated alkanes) is 12. The van der Waals surface area contributed by atoms with Crippen molar-refractivity contribution in [2.45, 2.75) is 147 Å². The lowest BCUT2D eigenvalue weighted by Crippen LogP contribution is -2.60. The molecule has 328 valence electrons. The minimum absolute atomic E-state index is 0.117. The van der Waals surface area contributed by atoms with Gasteiger partial charge in [0.2, 0.25) is 0 Å². The van der Waals surface area contributed by atoms with Crippen LogP contribution in [0.4, 0.5) is 0 Å². The first-order valence-corrected chi connectivity index (χ1v) is 21.0. The molecule has 1 amide bonds. The third-order valence-corrected chi connectivity index (χ3v) is 8.89. The number of ether oxygens (including phenoxy) is 2. The Morgan fingerprint density at radius 3 is 1.51 bits per heavy atom. The molecule has 0 aromatic rings. The summed E-state index contributed by atoms with van der Waals surface area (Å²) in [5.74, 6) is 58.9. The predicted molar refractivity (Wildman–Crippen MR) is 238 cm³/mol. The van der Waals surface area contributed by atoms with Crippen molar-refractivity contribution in [2.24, 2.45) is 0 Å². The molecule has 0 radical (unpaired) electrons. The summed E-state index contributed by atoms with van der Waals surface area (Å²) >= 11 is 0.117. The monoisotopic (exact) mass is 873 g/mol. The highest BCUT2D eigenvalue weighted by Gasteiger charge is 2.46. The number of amides is 1. The van der Waals surface area contributed by atoms with Crippen LogP contribution in [0.1, 0.15) is 104 Å². The Hall–Kier alpha value is -5.86. The van der Waals surface area contributed by atoms with Gasteiger partial charge in [0.1, 0.15) is 24.4 Å². The van der Waals surface area contributed by atoms with E-state index in [1.807, 2.05) is 0 Å². The Kier molecular flexibility index (Phi) is 35.2. The lowest BCUT2D eigenvalue weighted by molar-refractivity contribution is -0.435. The van der Waals surface area contributed by atoms with E-state index in [0.29, 0.717) is 12.8 Å². The molecule has 0 bridgehead atoms. The summed E-state index contributed by atoms with van der Waals surface area (Å²) in [6, 6.07) is -1.00. The highest BCUT2D eigenvalue weighted by molar-refractivity contribution is 7.89. The van der Waals surface area contributed by atoms with Crippen LogP contribution in [0.2, 0.25) is 0 Å². The largest absolute Gasteiger partial charge is 0.394 e. The molecule has 63 heavy (non-hydrogen) atoms. The second kappa shape index (κ2) is 40.2. The molecule has 1 rings (SSSR count). The third-order valence-electron chi connectivity index (χ3n) is 8.47. The Morgan fingerprint density at radius 2 is 1.08 bits per heavy atom. The summed E-state index contributed by atoms with van der Waals surface area (Å²) in [6.45, 7) is 2.88. The summed E-state index contributed by atoms with van der Waals surface area (Å²) in [5.41, 5.74) is 0.